The van der Waals surface area contributed by atoms with Crippen molar-refractivity contribution < 1.29 is 4.92 Å². The summed E-state index contributed by atoms with van der Waals surface area (Å²) in [6, 6.07) is 28.2. The first kappa shape index (κ1) is 26.2. The molecule has 5 rings (SSSR count). The van der Waals surface area contributed by atoms with Gasteiger partial charge in [-0.05, 0) is 24.6 Å². The fourth-order valence-corrected chi connectivity index (χ4v) is 4.98. The lowest BCUT2D eigenvalue weighted by atomic mass is 10.1. The van der Waals surface area contributed by atoms with E-state index >= 15 is 0 Å². The van der Waals surface area contributed by atoms with Crippen LogP contribution in [0.3, 0.4) is 0 Å². The van der Waals surface area contributed by atoms with Crippen LogP contribution in [0.5, 0.6) is 0 Å². The summed E-state index contributed by atoms with van der Waals surface area (Å²) in [7, 11) is 0. The average Bonchev–Trinajstić information content (AvgIpc) is 3.58. The lowest BCUT2D eigenvalue weighted by Gasteiger charge is -2.03. The minimum atomic E-state index is -0.441. The molecule has 0 amide bonds. The number of benzene rings is 3. The molecule has 10 nitrogen and oxygen atoms in total. The van der Waals surface area contributed by atoms with Gasteiger partial charge < -0.3 is 11.5 Å². The van der Waals surface area contributed by atoms with Gasteiger partial charge in [0.15, 0.2) is 0 Å². The minimum Gasteiger partial charge on any atom is -0.369 e. The predicted octanol–water partition coefficient (Wildman–Crippen LogP) is 5.57. The van der Waals surface area contributed by atoms with Crippen molar-refractivity contribution in [1.82, 2.24) is 14.8 Å². The third-order valence-corrected chi connectivity index (χ3v) is 6.99. The van der Waals surface area contributed by atoms with Gasteiger partial charge in [-0.3, -0.25) is 10.1 Å². The molecule has 0 aliphatic heterocycles. The molecule has 198 valence electrons. The van der Waals surface area contributed by atoms with Crippen LogP contribution in [-0.2, 0) is 0 Å². The highest BCUT2D eigenvalue weighted by Gasteiger charge is 2.19. The fraction of sp³-hybridized carbons (Fsp3) is 0.0345. The smallest absolute Gasteiger partial charge is 0.270 e. The molecule has 2 aromatic heterocycles. The molecule has 0 unspecified atom stereocenters. The quantitative estimate of drug-likeness (QED) is 0.112. The zero-order chi connectivity index (χ0) is 28.1. The number of thiazole rings is 1. The molecule has 0 bridgehead atoms. The van der Waals surface area contributed by atoms with Crippen molar-refractivity contribution in [2.45, 2.75) is 6.92 Å². The molecule has 2 heterocycles. The van der Waals surface area contributed by atoms with Gasteiger partial charge in [-0.2, -0.15) is 5.10 Å². The van der Waals surface area contributed by atoms with E-state index in [1.807, 2.05) is 78.3 Å². The van der Waals surface area contributed by atoms with Gasteiger partial charge in [-0.15, -0.1) is 10.2 Å². The Morgan fingerprint density at radius 3 is 2.33 bits per heavy atom. The van der Waals surface area contributed by atoms with E-state index in [4.69, 9.17) is 21.5 Å². The van der Waals surface area contributed by atoms with Gasteiger partial charge >= 0.3 is 0 Å². The molecule has 0 saturated heterocycles. The third-order valence-electron chi connectivity index (χ3n) is 5.84. The van der Waals surface area contributed by atoms with Crippen LogP contribution in [0.1, 0.15) is 16.1 Å². The highest BCUT2D eigenvalue weighted by Crippen LogP contribution is 2.32. The zero-order valence-corrected chi connectivity index (χ0v) is 22.2. The standard InChI is InChI=1S/C29H24N8O2S/c1-19-27(24(33-34-28(30)31)16-15-20-9-8-14-23(17-20)37(38)39)40-29(32-19)36-26(22-12-6-3-7-13-22)18-25(35-36)21-10-4-2-5-11-21/h2-18H,1H3,(H4,30,31,34). The van der Waals surface area contributed by atoms with Crippen molar-refractivity contribution in [3.8, 4) is 27.6 Å². The molecule has 0 aliphatic rings. The van der Waals surface area contributed by atoms with Gasteiger partial charge in [-0.25, -0.2) is 9.67 Å². The predicted molar refractivity (Wildman–Crippen MR) is 159 cm³/mol. The van der Waals surface area contributed by atoms with E-state index in [0.717, 1.165) is 27.4 Å². The normalized spacial score (nSPS) is 11.6. The number of hydrogen-bond donors (Lipinski definition) is 2. The number of nitro groups is 1. The Balaban J connectivity index is 1.59. The number of guanidine groups is 1. The summed E-state index contributed by atoms with van der Waals surface area (Å²) in [5, 5.41) is 24.8. The van der Waals surface area contributed by atoms with Gasteiger partial charge in [0.1, 0.15) is 5.71 Å². The van der Waals surface area contributed by atoms with Crippen LogP contribution in [0, 0.1) is 17.0 Å². The maximum absolute atomic E-state index is 11.2. The fourth-order valence-electron chi connectivity index (χ4n) is 3.99. The average molecular weight is 549 g/mol. The Hall–Kier alpha value is -5.42. The van der Waals surface area contributed by atoms with Gasteiger partial charge in [0.05, 0.1) is 26.9 Å². The number of aromatic nitrogens is 3. The second kappa shape index (κ2) is 11.5. The second-order valence-electron chi connectivity index (χ2n) is 8.67. The summed E-state index contributed by atoms with van der Waals surface area (Å²) in [5.41, 5.74) is 16.5. The maximum Gasteiger partial charge on any atom is 0.270 e. The number of nitrogens with two attached hydrogens (primary N) is 2. The Labute approximate surface area is 233 Å². The Kier molecular flexibility index (Phi) is 7.56. The maximum atomic E-state index is 11.2. The van der Waals surface area contributed by atoms with E-state index in [1.54, 1.807) is 24.3 Å². The number of allylic oxidation sites excluding steroid dienone is 1. The molecule has 0 spiro atoms. The zero-order valence-electron chi connectivity index (χ0n) is 21.4. The molecule has 40 heavy (non-hydrogen) atoms. The van der Waals surface area contributed by atoms with Gasteiger partial charge in [0.2, 0.25) is 11.1 Å². The lowest BCUT2D eigenvalue weighted by Crippen LogP contribution is -2.22. The van der Waals surface area contributed by atoms with E-state index in [-0.39, 0.29) is 11.6 Å². The van der Waals surface area contributed by atoms with E-state index < -0.39 is 4.92 Å². The van der Waals surface area contributed by atoms with Crippen LogP contribution < -0.4 is 11.5 Å². The molecule has 0 radical (unpaired) electrons. The molecular weight excluding hydrogens is 524 g/mol. The van der Waals surface area contributed by atoms with Gasteiger partial charge in [-0.1, -0.05) is 90.2 Å². The monoisotopic (exact) mass is 548 g/mol. The van der Waals surface area contributed by atoms with Crippen molar-refractivity contribution in [2.24, 2.45) is 21.7 Å². The Bertz CT molecular complexity index is 1750. The van der Waals surface area contributed by atoms with E-state index in [9.17, 15) is 10.1 Å². The first-order chi connectivity index (χ1) is 19.4. The SMILES string of the molecule is Cc1nc(-n2nc(-c3ccccc3)cc2-c2ccccc2)sc1C(C=Cc1cccc([N+](=O)[O-])c1)=NN=C(N)N. The molecule has 5 aromatic rings. The number of nitrogens with zero attached hydrogens (tertiary/aromatic N) is 6. The third kappa shape index (κ3) is 5.84. The van der Waals surface area contributed by atoms with Crippen molar-refractivity contribution in [3.05, 3.63) is 123 Å². The highest BCUT2D eigenvalue weighted by atomic mass is 32.1. The lowest BCUT2D eigenvalue weighted by molar-refractivity contribution is -0.384. The van der Waals surface area contributed by atoms with Crippen LogP contribution >= 0.6 is 11.3 Å². The van der Waals surface area contributed by atoms with Crippen LogP contribution in [0.4, 0.5) is 5.69 Å². The van der Waals surface area contributed by atoms with E-state index in [0.29, 0.717) is 22.1 Å². The number of aryl methyl sites for hydroxylation is 1. The van der Waals surface area contributed by atoms with Crippen molar-refractivity contribution in [1.29, 1.82) is 0 Å². The molecule has 4 N–H and O–H groups in total. The van der Waals surface area contributed by atoms with E-state index in [1.165, 1.54) is 23.5 Å². The van der Waals surface area contributed by atoms with Crippen molar-refractivity contribution >= 4 is 34.8 Å². The minimum absolute atomic E-state index is 0.0116. The number of rotatable bonds is 8. The van der Waals surface area contributed by atoms with E-state index in [2.05, 4.69) is 10.2 Å². The van der Waals surface area contributed by atoms with Crippen LogP contribution in [0.15, 0.2) is 107 Å². The van der Waals surface area contributed by atoms with Crippen LogP contribution in [0.2, 0.25) is 0 Å². The summed E-state index contributed by atoms with van der Waals surface area (Å²) < 4.78 is 1.82. The second-order valence-corrected chi connectivity index (χ2v) is 9.64. The molecule has 0 atom stereocenters. The molecule has 3 aromatic carbocycles. The van der Waals surface area contributed by atoms with Gasteiger partial charge in [0, 0.05) is 23.3 Å². The van der Waals surface area contributed by atoms with Crippen LogP contribution in [-0.4, -0.2) is 31.4 Å². The molecule has 0 aliphatic carbocycles. The summed E-state index contributed by atoms with van der Waals surface area (Å²) in [6.07, 6.45) is 3.41. The Morgan fingerprint density at radius 2 is 1.65 bits per heavy atom. The van der Waals surface area contributed by atoms with Crippen LogP contribution in [0.25, 0.3) is 33.7 Å². The summed E-state index contributed by atoms with van der Waals surface area (Å²) >= 11 is 1.38. The summed E-state index contributed by atoms with van der Waals surface area (Å²) in [4.78, 5) is 16.3. The molecule has 11 heteroatoms. The molecule has 0 fully saturated rings. The first-order valence-electron chi connectivity index (χ1n) is 12.2. The Morgan fingerprint density at radius 1 is 0.950 bits per heavy atom. The first-order valence-corrected chi connectivity index (χ1v) is 13.0. The van der Waals surface area contributed by atoms with Crippen molar-refractivity contribution in [2.75, 3.05) is 0 Å². The largest absolute Gasteiger partial charge is 0.369 e. The summed E-state index contributed by atoms with van der Waals surface area (Å²) in [6.45, 7) is 1.87. The number of hydrogen-bond acceptors (Lipinski definition) is 7. The highest BCUT2D eigenvalue weighted by molar-refractivity contribution is 7.16. The topological polar surface area (TPSA) is 151 Å². The van der Waals surface area contributed by atoms with Gasteiger partial charge in [0.25, 0.3) is 5.69 Å². The number of non-ortho nitro benzene ring substituents is 1. The van der Waals surface area contributed by atoms with Crippen molar-refractivity contribution in [3.63, 3.8) is 0 Å². The summed E-state index contributed by atoms with van der Waals surface area (Å²) in [5.74, 6) is -0.199. The molecule has 0 saturated carbocycles. The molecular formula is C29H24N8O2S. The number of nitro benzene ring substituents is 1.